The summed E-state index contributed by atoms with van der Waals surface area (Å²) < 4.78 is 2.08. The van der Waals surface area contributed by atoms with Gasteiger partial charge in [0.2, 0.25) is 5.95 Å². The molecular weight excluding hydrogens is 446 g/mol. The maximum Gasteiger partial charge on any atom is 0.270 e. The summed E-state index contributed by atoms with van der Waals surface area (Å²) in [5, 5.41) is 24.4. The second-order valence-corrected chi connectivity index (χ2v) is 9.75. The van der Waals surface area contributed by atoms with Crippen molar-refractivity contribution in [1.29, 1.82) is 0 Å². The Kier molecular flexibility index (Phi) is 6.68. The van der Waals surface area contributed by atoms with Crippen LogP contribution < -0.4 is 5.32 Å². The average molecular weight is 480 g/mol. The first-order valence-electron chi connectivity index (χ1n) is 12.3. The molecule has 1 saturated heterocycles. The van der Waals surface area contributed by atoms with Crippen LogP contribution in [0.25, 0.3) is 11.0 Å². The van der Waals surface area contributed by atoms with Crippen LogP contribution in [-0.4, -0.2) is 78.7 Å². The number of nitrogens with zero attached hydrogens (tertiary/aromatic N) is 6. The quantitative estimate of drug-likeness (QED) is 0.494. The predicted octanol–water partition coefficient (Wildman–Crippen LogP) is 2.83. The molecule has 10 heteroatoms. The lowest BCUT2D eigenvalue weighted by Crippen LogP contribution is -2.38. The van der Waals surface area contributed by atoms with Gasteiger partial charge in [0.25, 0.3) is 5.91 Å². The molecule has 2 aliphatic rings. The summed E-state index contributed by atoms with van der Waals surface area (Å²) >= 11 is 0. The summed E-state index contributed by atoms with van der Waals surface area (Å²) in [6.45, 7) is 1.30. The van der Waals surface area contributed by atoms with Gasteiger partial charge in [0.15, 0.2) is 0 Å². The molecule has 1 saturated carbocycles. The van der Waals surface area contributed by atoms with Gasteiger partial charge in [0, 0.05) is 56.6 Å². The summed E-state index contributed by atoms with van der Waals surface area (Å²) in [5.74, 6) is 0.936. The minimum absolute atomic E-state index is 0.0385. The Morgan fingerprint density at radius 3 is 2.51 bits per heavy atom. The molecule has 1 aliphatic carbocycles. The molecule has 1 aliphatic heterocycles. The minimum Gasteiger partial charge on any atom is -0.393 e. The van der Waals surface area contributed by atoms with E-state index >= 15 is 0 Å². The van der Waals surface area contributed by atoms with Gasteiger partial charge in [-0.15, -0.1) is 0 Å². The molecule has 5 rings (SSSR count). The molecule has 0 radical (unpaired) electrons. The highest BCUT2D eigenvalue weighted by molar-refractivity contribution is 5.97. The normalized spacial score (nSPS) is 18.7. The maximum atomic E-state index is 12.9. The Hall–Kier alpha value is -3.08. The molecular formula is C25H33N7O3. The standard InChI is InChI=1S/C25H33N7O3/c1-30(2)24(35)20-13-17-15-27-25(29-22(17)32(20)18-5-3-4-6-18)28-21-8-7-16(14-26-21)23(34)31-11-9-19(33)10-12-31/h7-8,13-15,18-19,23,33-34H,3-6,9-12H2,1-2H3,(H,26,27,28,29). The summed E-state index contributed by atoms with van der Waals surface area (Å²) in [6, 6.07) is 5.76. The first-order valence-corrected chi connectivity index (χ1v) is 12.3. The number of aromatic nitrogens is 4. The molecule has 3 aromatic rings. The van der Waals surface area contributed by atoms with E-state index in [-0.39, 0.29) is 18.1 Å². The van der Waals surface area contributed by atoms with Crippen molar-refractivity contribution in [2.24, 2.45) is 0 Å². The van der Waals surface area contributed by atoms with Crippen molar-refractivity contribution >= 4 is 28.7 Å². The number of aliphatic hydroxyl groups excluding tert-OH is 2. The molecule has 2 fully saturated rings. The number of carbonyl (C=O) groups is 1. The molecule has 0 bridgehead atoms. The van der Waals surface area contributed by atoms with Gasteiger partial charge in [0.1, 0.15) is 23.4 Å². The van der Waals surface area contributed by atoms with Crippen molar-refractivity contribution in [2.75, 3.05) is 32.5 Å². The zero-order chi connectivity index (χ0) is 24.5. The van der Waals surface area contributed by atoms with Gasteiger partial charge >= 0.3 is 0 Å². The zero-order valence-corrected chi connectivity index (χ0v) is 20.3. The Morgan fingerprint density at radius 2 is 1.86 bits per heavy atom. The number of piperidine rings is 1. The SMILES string of the molecule is CN(C)C(=O)c1cc2cnc(Nc3ccc(C(O)N4CCC(O)CC4)cn3)nc2n1C1CCCC1. The predicted molar refractivity (Wildman–Crippen MR) is 132 cm³/mol. The Balaban J connectivity index is 1.37. The largest absolute Gasteiger partial charge is 0.393 e. The van der Waals surface area contributed by atoms with Gasteiger partial charge < -0.3 is 25.0 Å². The number of hydrogen-bond donors (Lipinski definition) is 3. The smallest absolute Gasteiger partial charge is 0.270 e. The highest BCUT2D eigenvalue weighted by Crippen LogP contribution is 2.35. The highest BCUT2D eigenvalue weighted by atomic mass is 16.3. The van der Waals surface area contributed by atoms with Crippen molar-refractivity contribution in [2.45, 2.75) is 56.9 Å². The van der Waals surface area contributed by atoms with Crippen LogP contribution in [0, 0.1) is 0 Å². The van der Waals surface area contributed by atoms with Crippen molar-refractivity contribution < 1.29 is 15.0 Å². The third-order valence-corrected chi connectivity index (χ3v) is 7.06. The van der Waals surface area contributed by atoms with Crippen LogP contribution >= 0.6 is 0 Å². The van der Waals surface area contributed by atoms with Crippen LogP contribution in [0.4, 0.5) is 11.8 Å². The second kappa shape index (κ2) is 9.88. The van der Waals surface area contributed by atoms with Gasteiger partial charge in [-0.3, -0.25) is 9.69 Å². The topological polar surface area (TPSA) is 120 Å². The minimum atomic E-state index is -0.751. The van der Waals surface area contributed by atoms with E-state index in [0.29, 0.717) is 49.0 Å². The molecule has 10 nitrogen and oxygen atoms in total. The highest BCUT2D eigenvalue weighted by Gasteiger charge is 2.27. The van der Waals surface area contributed by atoms with E-state index in [4.69, 9.17) is 4.98 Å². The number of carbonyl (C=O) groups excluding carboxylic acids is 1. The zero-order valence-electron chi connectivity index (χ0n) is 20.3. The van der Waals surface area contributed by atoms with Crippen molar-refractivity contribution in [3.05, 3.63) is 41.9 Å². The molecule has 186 valence electrons. The number of fused-ring (bicyclic) bond motifs is 1. The van der Waals surface area contributed by atoms with E-state index in [1.165, 1.54) is 0 Å². The fourth-order valence-corrected chi connectivity index (χ4v) is 5.08. The molecule has 3 aromatic heterocycles. The van der Waals surface area contributed by atoms with Crippen LogP contribution in [0.2, 0.25) is 0 Å². The molecule has 35 heavy (non-hydrogen) atoms. The van der Waals surface area contributed by atoms with Gasteiger partial charge in [-0.2, -0.15) is 4.98 Å². The average Bonchev–Trinajstić information content (AvgIpc) is 3.51. The number of likely N-dealkylation sites (tertiary alicyclic amines) is 1. The number of hydrogen-bond acceptors (Lipinski definition) is 8. The van der Waals surface area contributed by atoms with E-state index in [2.05, 4.69) is 19.9 Å². The molecule has 3 N–H and O–H groups in total. The second-order valence-electron chi connectivity index (χ2n) is 9.75. The van der Waals surface area contributed by atoms with Gasteiger partial charge in [-0.05, 0) is 43.9 Å². The molecule has 0 aromatic carbocycles. The summed E-state index contributed by atoms with van der Waals surface area (Å²) in [7, 11) is 3.52. The summed E-state index contributed by atoms with van der Waals surface area (Å²) in [5.41, 5.74) is 2.09. The summed E-state index contributed by atoms with van der Waals surface area (Å²) in [6.07, 6.45) is 8.04. The van der Waals surface area contributed by atoms with Crippen LogP contribution in [0.1, 0.15) is 66.8 Å². The van der Waals surface area contributed by atoms with E-state index in [9.17, 15) is 15.0 Å². The van der Waals surface area contributed by atoms with Crippen molar-refractivity contribution in [3.8, 4) is 0 Å². The van der Waals surface area contributed by atoms with Crippen molar-refractivity contribution in [3.63, 3.8) is 0 Å². The fraction of sp³-hybridized carbons (Fsp3) is 0.520. The maximum absolute atomic E-state index is 12.9. The molecule has 1 atom stereocenters. The Labute approximate surface area is 204 Å². The van der Waals surface area contributed by atoms with Gasteiger partial charge in [0.05, 0.1) is 6.10 Å². The summed E-state index contributed by atoms with van der Waals surface area (Å²) in [4.78, 5) is 30.1. The van der Waals surface area contributed by atoms with Crippen LogP contribution in [-0.2, 0) is 0 Å². The van der Waals surface area contributed by atoms with E-state index in [1.54, 1.807) is 37.5 Å². The monoisotopic (exact) mass is 479 g/mol. The number of rotatable bonds is 6. The van der Waals surface area contributed by atoms with E-state index in [0.717, 1.165) is 36.7 Å². The van der Waals surface area contributed by atoms with E-state index < -0.39 is 6.23 Å². The molecule has 1 amide bonds. The molecule has 4 heterocycles. The van der Waals surface area contributed by atoms with Crippen LogP contribution in [0.5, 0.6) is 0 Å². The van der Waals surface area contributed by atoms with E-state index in [1.807, 2.05) is 17.0 Å². The van der Waals surface area contributed by atoms with Crippen LogP contribution in [0.3, 0.4) is 0 Å². The van der Waals surface area contributed by atoms with Crippen LogP contribution in [0.15, 0.2) is 30.6 Å². The lowest BCUT2D eigenvalue weighted by atomic mass is 10.1. The van der Waals surface area contributed by atoms with Gasteiger partial charge in [-0.25, -0.2) is 9.97 Å². The number of nitrogens with one attached hydrogen (secondary N) is 1. The molecule has 0 spiro atoms. The Morgan fingerprint density at radius 1 is 1.11 bits per heavy atom. The number of amides is 1. The first-order chi connectivity index (χ1) is 16.9. The van der Waals surface area contributed by atoms with Crippen molar-refractivity contribution in [1.82, 2.24) is 29.3 Å². The molecule has 1 unspecified atom stereocenters. The first kappa shape index (κ1) is 23.7. The fourth-order valence-electron chi connectivity index (χ4n) is 5.08. The Bertz CT molecular complexity index is 1180. The lowest BCUT2D eigenvalue weighted by Gasteiger charge is -2.33. The third kappa shape index (κ3) is 4.86. The number of aliphatic hydroxyl groups is 2. The third-order valence-electron chi connectivity index (χ3n) is 7.06. The number of anilines is 2. The number of pyridine rings is 1. The lowest BCUT2D eigenvalue weighted by molar-refractivity contribution is -0.0346. The van der Waals surface area contributed by atoms with Gasteiger partial charge in [-0.1, -0.05) is 12.8 Å².